The lowest BCUT2D eigenvalue weighted by molar-refractivity contribution is 0.298. The topological polar surface area (TPSA) is 27.6 Å². The number of rotatable bonds is 2. The Morgan fingerprint density at radius 2 is 1.81 bits per heavy atom. The summed E-state index contributed by atoms with van der Waals surface area (Å²) in [6.07, 6.45) is 0. The monoisotopic (exact) mass is 347 g/mol. The maximum Gasteiger partial charge on any atom is 0.169 e. The van der Waals surface area contributed by atoms with Crippen LogP contribution in [0, 0.1) is 0 Å². The molecule has 3 aromatic rings. The fourth-order valence-corrected chi connectivity index (χ4v) is 3.68. The van der Waals surface area contributed by atoms with E-state index in [0.717, 1.165) is 36.3 Å². The summed E-state index contributed by atoms with van der Waals surface area (Å²) in [7, 11) is 0. The molecule has 132 valence electrons. The van der Waals surface area contributed by atoms with E-state index in [-0.39, 0.29) is 0 Å². The lowest BCUT2D eigenvalue weighted by Gasteiger charge is -2.34. The summed E-state index contributed by atoms with van der Waals surface area (Å²) in [5.41, 5.74) is 2.91. The van der Waals surface area contributed by atoms with Gasteiger partial charge in [-0.1, -0.05) is 70.4 Å². The van der Waals surface area contributed by atoms with E-state index in [9.17, 15) is 4.48 Å². The zero-order valence-electron chi connectivity index (χ0n) is 14.8. The molecular weight excluding hydrogens is 325 g/mol. The number of fused-ring (bicyclic) bond motifs is 1. The van der Waals surface area contributed by atoms with Gasteiger partial charge in [-0.05, 0) is 34.9 Å². The Morgan fingerprint density at radius 3 is 2.62 bits per heavy atom. The maximum atomic E-state index is 13.7. The van der Waals surface area contributed by atoms with E-state index in [1.165, 1.54) is 10.8 Å². The molecule has 0 aromatic heterocycles. The Morgan fingerprint density at radius 1 is 1.04 bits per heavy atom. The minimum atomic E-state index is 0.313. The molecular formula is C22H22FN3. The normalized spacial score (nSPS) is 18.3. The number of benzene rings is 3. The molecule has 26 heavy (non-hydrogen) atoms. The van der Waals surface area contributed by atoms with Crippen molar-refractivity contribution in [2.24, 2.45) is 5.21 Å². The third-order valence-electron chi connectivity index (χ3n) is 4.98. The highest BCUT2D eigenvalue weighted by Gasteiger charge is 2.22. The molecule has 4 heteroatoms. The number of hydrogen-bond donors (Lipinski definition) is 1. The Balaban J connectivity index is 1.78. The molecule has 1 saturated heterocycles. The summed E-state index contributed by atoms with van der Waals surface area (Å²) in [4.78, 5) is 2.03. The summed E-state index contributed by atoms with van der Waals surface area (Å²) in [5.74, 6) is 0.419. The van der Waals surface area contributed by atoms with Crippen molar-refractivity contribution < 1.29 is 4.48 Å². The van der Waals surface area contributed by atoms with Gasteiger partial charge >= 0.3 is 0 Å². The molecule has 1 atom stereocenters. The van der Waals surface area contributed by atoms with Gasteiger partial charge in [-0.2, -0.15) is 0 Å². The molecule has 1 N–H and O–H groups in total. The zero-order chi connectivity index (χ0) is 17.9. The quantitative estimate of drug-likeness (QED) is 0.548. The number of hydrogen-bond acceptors (Lipinski definition) is 2. The van der Waals surface area contributed by atoms with Crippen molar-refractivity contribution in [1.29, 1.82) is 0 Å². The molecule has 0 bridgehead atoms. The predicted octanol–water partition coefficient (Wildman–Crippen LogP) is 4.43. The van der Waals surface area contributed by atoms with Crippen molar-refractivity contribution >= 4 is 16.6 Å². The van der Waals surface area contributed by atoms with E-state index < -0.39 is 0 Å². The first-order valence-electron chi connectivity index (χ1n) is 9.02. The average molecular weight is 347 g/mol. The summed E-state index contributed by atoms with van der Waals surface area (Å²) < 4.78 is 13.7. The van der Waals surface area contributed by atoms with E-state index in [4.69, 9.17) is 0 Å². The minimum Gasteiger partial charge on any atom is -0.351 e. The molecule has 1 fully saturated rings. The number of piperazine rings is 1. The maximum absolute atomic E-state index is 13.7. The molecule has 1 heterocycles. The van der Waals surface area contributed by atoms with Crippen LogP contribution in [0.5, 0.6) is 0 Å². The predicted molar refractivity (Wildman–Crippen MR) is 106 cm³/mol. The van der Waals surface area contributed by atoms with Gasteiger partial charge in [0.2, 0.25) is 0 Å². The number of amidine groups is 1. The van der Waals surface area contributed by atoms with Crippen LogP contribution in [0.2, 0.25) is 0 Å². The molecule has 1 aliphatic heterocycles. The van der Waals surface area contributed by atoms with Crippen LogP contribution in [-0.4, -0.2) is 36.4 Å². The first-order valence-corrected chi connectivity index (χ1v) is 9.02. The van der Waals surface area contributed by atoms with Gasteiger partial charge in [-0.15, -0.1) is 0 Å². The Kier molecular flexibility index (Phi) is 4.67. The summed E-state index contributed by atoms with van der Waals surface area (Å²) in [5, 5.41) is 8.94. The second kappa shape index (κ2) is 7.26. The van der Waals surface area contributed by atoms with Crippen LogP contribution in [0.3, 0.4) is 0 Å². The van der Waals surface area contributed by atoms with Crippen molar-refractivity contribution in [3.63, 3.8) is 0 Å². The highest BCUT2D eigenvalue weighted by molar-refractivity contribution is 6.05. The summed E-state index contributed by atoms with van der Waals surface area (Å²) in [6, 6.07) is 22.9. The van der Waals surface area contributed by atoms with Crippen LogP contribution in [0.4, 0.5) is 4.48 Å². The van der Waals surface area contributed by atoms with E-state index in [2.05, 4.69) is 47.8 Å². The summed E-state index contributed by atoms with van der Waals surface area (Å²) >= 11 is 0. The van der Waals surface area contributed by atoms with Gasteiger partial charge in [0.1, 0.15) is 0 Å². The number of nitrogens with one attached hydrogen (secondary N) is 1. The number of halogens is 1. The van der Waals surface area contributed by atoms with Crippen LogP contribution in [0.15, 0.2) is 71.9 Å². The molecule has 3 aromatic carbocycles. The third-order valence-corrected chi connectivity index (χ3v) is 4.98. The minimum absolute atomic E-state index is 0.313. The van der Waals surface area contributed by atoms with Gasteiger partial charge in [0.05, 0.1) is 0 Å². The van der Waals surface area contributed by atoms with E-state index in [0.29, 0.717) is 11.9 Å². The van der Waals surface area contributed by atoms with Crippen molar-refractivity contribution in [2.75, 3.05) is 19.6 Å². The molecule has 0 radical (unpaired) electrons. The molecule has 1 unspecified atom stereocenters. The highest BCUT2D eigenvalue weighted by Crippen LogP contribution is 2.28. The fraction of sp³-hybridized carbons (Fsp3) is 0.227. The second-order valence-corrected chi connectivity index (χ2v) is 6.82. The smallest absolute Gasteiger partial charge is 0.169 e. The average Bonchev–Trinajstić information content (AvgIpc) is 2.69. The van der Waals surface area contributed by atoms with Gasteiger partial charge < -0.3 is 10.2 Å². The third kappa shape index (κ3) is 3.20. The van der Waals surface area contributed by atoms with Crippen LogP contribution in [0.25, 0.3) is 21.9 Å². The summed E-state index contributed by atoms with van der Waals surface area (Å²) in [6.45, 7) is 4.43. The lowest BCUT2D eigenvalue weighted by atomic mass is 9.96. The Bertz CT molecular complexity index is 951. The number of nitrogens with zero attached hydrogens (tertiary/aromatic N) is 2. The standard InChI is InChI=1S/C22H22FN3/c1-16-15-26(13-12-24-16)22(25-23)21-9-5-4-8-20(21)19-11-10-17-6-2-3-7-18(17)14-19/h2-11,14,16,24H,12-13,15H2,1H3/b25-22-. The molecule has 4 rings (SSSR count). The highest BCUT2D eigenvalue weighted by atomic mass is 19.2. The van der Waals surface area contributed by atoms with Gasteiger partial charge in [0.15, 0.2) is 5.84 Å². The molecule has 0 amide bonds. The molecule has 0 saturated carbocycles. The largest absolute Gasteiger partial charge is 0.351 e. The van der Waals surface area contributed by atoms with Crippen LogP contribution in [0.1, 0.15) is 12.5 Å². The van der Waals surface area contributed by atoms with Crippen molar-refractivity contribution in [3.8, 4) is 11.1 Å². The van der Waals surface area contributed by atoms with E-state index >= 15 is 0 Å². The first-order chi connectivity index (χ1) is 12.8. The Labute approximate surface area is 153 Å². The van der Waals surface area contributed by atoms with Gasteiger partial charge in [0, 0.05) is 31.2 Å². The van der Waals surface area contributed by atoms with Crippen molar-refractivity contribution in [3.05, 3.63) is 72.3 Å². The molecule has 0 spiro atoms. The zero-order valence-corrected chi connectivity index (χ0v) is 14.8. The van der Waals surface area contributed by atoms with Crippen LogP contribution >= 0.6 is 0 Å². The van der Waals surface area contributed by atoms with Crippen molar-refractivity contribution in [1.82, 2.24) is 10.2 Å². The van der Waals surface area contributed by atoms with Gasteiger partial charge in [0.25, 0.3) is 0 Å². The van der Waals surface area contributed by atoms with E-state index in [1.54, 1.807) is 0 Å². The lowest BCUT2D eigenvalue weighted by Crippen LogP contribution is -2.51. The van der Waals surface area contributed by atoms with Gasteiger partial charge in [-0.25, -0.2) is 0 Å². The first kappa shape index (κ1) is 16.7. The van der Waals surface area contributed by atoms with Crippen LogP contribution in [-0.2, 0) is 0 Å². The van der Waals surface area contributed by atoms with Crippen molar-refractivity contribution in [2.45, 2.75) is 13.0 Å². The fourth-order valence-electron chi connectivity index (χ4n) is 3.68. The second-order valence-electron chi connectivity index (χ2n) is 6.82. The van der Waals surface area contributed by atoms with Crippen LogP contribution < -0.4 is 5.32 Å². The molecule has 3 nitrogen and oxygen atoms in total. The van der Waals surface area contributed by atoms with E-state index in [1.807, 2.05) is 41.3 Å². The Hall–Kier alpha value is -2.72. The molecule has 0 aliphatic carbocycles. The SMILES string of the molecule is CC1CN(/C(=N\F)c2ccccc2-c2ccc3ccccc3c2)CCN1. The van der Waals surface area contributed by atoms with Gasteiger partial charge in [-0.3, -0.25) is 0 Å². The molecule has 1 aliphatic rings.